The summed E-state index contributed by atoms with van der Waals surface area (Å²) in [7, 11) is 1.30. The first kappa shape index (κ1) is 16.9. The highest BCUT2D eigenvalue weighted by Crippen LogP contribution is 2.34. The highest BCUT2D eigenvalue weighted by molar-refractivity contribution is 8.14. The molecule has 0 saturated carbocycles. The van der Waals surface area contributed by atoms with Crippen molar-refractivity contribution in [3.8, 4) is 5.75 Å². The predicted octanol–water partition coefficient (Wildman–Crippen LogP) is 2.30. The molecule has 22 heavy (non-hydrogen) atoms. The number of benzene rings is 1. The molecule has 0 N–H and O–H groups in total. The van der Waals surface area contributed by atoms with Crippen LogP contribution in [0, 0.1) is 0 Å². The molecule has 1 fully saturated rings. The zero-order chi connectivity index (χ0) is 16.5. The summed E-state index contributed by atoms with van der Waals surface area (Å²) < 4.78 is 64.0. The Kier molecular flexibility index (Phi) is 4.57. The van der Waals surface area contributed by atoms with Gasteiger partial charge in [-0.15, -0.1) is 0 Å². The second kappa shape index (κ2) is 5.96. The molecular weight excluding hydrogens is 347 g/mol. The minimum absolute atomic E-state index is 0.0829. The molecule has 1 aromatic carbocycles. The first-order chi connectivity index (χ1) is 10.1. The predicted molar refractivity (Wildman–Crippen MR) is 73.5 cm³/mol. The highest BCUT2D eigenvalue weighted by atomic mass is 35.7. The quantitative estimate of drug-likeness (QED) is 0.776. The van der Waals surface area contributed by atoms with E-state index in [-0.39, 0.29) is 24.4 Å². The molecule has 0 bridgehead atoms. The molecule has 0 aliphatic carbocycles. The molecule has 1 aliphatic heterocycles. The number of amides is 1. The number of carbonyl (C=O) groups excluding carboxylic acids is 1. The molecule has 1 aliphatic rings. The largest absolute Gasteiger partial charge is 0.482 e. The van der Waals surface area contributed by atoms with Gasteiger partial charge in [0, 0.05) is 23.6 Å². The minimum Gasteiger partial charge on any atom is -0.482 e. The average Bonchev–Trinajstić information content (AvgIpc) is 2.78. The van der Waals surface area contributed by atoms with Gasteiger partial charge in [-0.25, -0.2) is 8.42 Å². The summed E-state index contributed by atoms with van der Waals surface area (Å²) in [4.78, 5) is 13.0. The Morgan fingerprint density at radius 2 is 1.95 bits per heavy atom. The topological polar surface area (TPSA) is 63.7 Å². The van der Waals surface area contributed by atoms with E-state index in [9.17, 15) is 26.4 Å². The Hall–Kier alpha value is -1.48. The van der Waals surface area contributed by atoms with Crippen LogP contribution in [0.5, 0.6) is 5.75 Å². The molecule has 0 spiro atoms. The van der Waals surface area contributed by atoms with Crippen molar-refractivity contribution < 1.29 is 31.1 Å². The second-order valence-corrected chi connectivity index (χ2v) is 7.59. The lowest BCUT2D eigenvalue weighted by Gasteiger charge is -2.20. The van der Waals surface area contributed by atoms with Gasteiger partial charge in [0.15, 0.2) is 6.61 Å². The summed E-state index contributed by atoms with van der Waals surface area (Å²) in [6.45, 7) is -1.74. The normalized spacial score (nSPS) is 19.5. The van der Waals surface area contributed by atoms with Gasteiger partial charge in [-0.2, -0.15) is 13.2 Å². The van der Waals surface area contributed by atoms with Crippen molar-refractivity contribution >= 4 is 31.3 Å². The average molecular weight is 358 g/mol. The van der Waals surface area contributed by atoms with Crippen LogP contribution in [0.1, 0.15) is 6.42 Å². The van der Waals surface area contributed by atoms with Gasteiger partial charge >= 0.3 is 6.18 Å². The maximum absolute atomic E-state index is 12.2. The summed E-state index contributed by atoms with van der Waals surface area (Å²) in [5.74, 6) is -0.696. The van der Waals surface area contributed by atoms with E-state index >= 15 is 0 Å². The Morgan fingerprint density at radius 3 is 2.50 bits per heavy atom. The number of halogens is 4. The van der Waals surface area contributed by atoms with E-state index in [2.05, 4.69) is 4.74 Å². The van der Waals surface area contributed by atoms with Crippen molar-refractivity contribution in [2.24, 2.45) is 0 Å². The number of hydrogen-bond donors (Lipinski definition) is 0. The molecule has 5 nitrogen and oxygen atoms in total. The number of carbonyl (C=O) groups is 1. The summed E-state index contributed by atoms with van der Waals surface area (Å²) in [5, 5.41) is -1.10. The molecule has 0 aromatic heterocycles. The monoisotopic (exact) mass is 357 g/mol. The third-order valence-corrected chi connectivity index (χ3v) is 4.90. The van der Waals surface area contributed by atoms with Gasteiger partial charge in [-0.1, -0.05) is 12.1 Å². The number of rotatable bonds is 4. The van der Waals surface area contributed by atoms with Crippen molar-refractivity contribution in [1.29, 1.82) is 0 Å². The van der Waals surface area contributed by atoms with Gasteiger partial charge in [0.1, 0.15) is 11.0 Å². The molecule has 1 saturated heterocycles. The van der Waals surface area contributed by atoms with E-state index < -0.39 is 33.0 Å². The van der Waals surface area contributed by atoms with Gasteiger partial charge in [0.05, 0.1) is 5.69 Å². The minimum atomic E-state index is -4.52. The third kappa shape index (κ3) is 4.04. The third-order valence-electron chi connectivity index (χ3n) is 3.04. The van der Waals surface area contributed by atoms with Crippen LogP contribution in [0.4, 0.5) is 18.9 Å². The lowest BCUT2D eigenvalue weighted by molar-refractivity contribution is -0.153. The molecule has 0 radical (unpaired) electrons. The smallest absolute Gasteiger partial charge is 0.422 e. The summed E-state index contributed by atoms with van der Waals surface area (Å²) in [5.41, 5.74) is 0.0829. The van der Waals surface area contributed by atoms with Crippen LogP contribution in [0.25, 0.3) is 0 Å². The van der Waals surface area contributed by atoms with Crippen LogP contribution in [-0.4, -0.2) is 38.9 Å². The maximum Gasteiger partial charge on any atom is 0.422 e. The van der Waals surface area contributed by atoms with Crippen LogP contribution in [0.15, 0.2) is 24.3 Å². The number of anilines is 1. The molecule has 1 aromatic rings. The fourth-order valence-corrected chi connectivity index (χ4v) is 3.08. The van der Waals surface area contributed by atoms with E-state index in [0.29, 0.717) is 0 Å². The standard InChI is InChI=1S/C12H11ClF3NO4S/c13-22(19,20)8-5-11(18)17(6-8)9-3-1-2-4-10(9)21-7-12(14,15)16/h1-4,8H,5-7H2. The van der Waals surface area contributed by atoms with Crippen molar-refractivity contribution in [2.45, 2.75) is 17.8 Å². The van der Waals surface area contributed by atoms with Gasteiger partial charge in [-0.3, -0.25) is 4.79 Å². The molecule has 10 heteroatoms. The maximum atomic E-state index is 12.2. The van der Waals surface area contributed by atoms with Gasteiger partial charge in [-0.05, 0) is 12.1 Å². The van der Waals surface area contributed by atoms with Gasteiger partial charge in [0.2, 0.25) is 15.0 Å². The number of hydrogen-bond acceptors (Lipinski definition) is 4. The molecule has 1 amide bonds. The molecule has 1 atom stereocenters. The summed E-state index contributed by atoms with van der Waals surface area (Å²) >= 11 is 0. The fourth-order valence-electron chi connectivity index (χ4n) is 2.06. The molecule has 1 heterocycles. The highest BCUT2D eigenvalue weighted by Gasteiger charge is 2.39. The zero-order valence-electron chi connectivity index (χ0n) is 11.0. The second-order valence-electron chi connectivity index (χ2n) is 4.68. The van der Waals surface area contributed by atoms with Crippen molar-refractivity contribution in [1.82, 2.24) is 0 Å². The summed E-state index contributed by atoms with van der Waals surface area (Å²) in [6, 6.07) is 5.61. The van der Waals surface area contributed by atoms with Crippen LogP contribution < -0.4 is 9.64 Å². The first-order valence-electron chi connectivity index (χ1n) is 6.10. The van der Waals surface area contributed by atoms with Crippen LogP contribution in [-0.2, 0) is 13.8 Å². The molecule has 122 valence electrons. The Morgan fingerprint density at radius 1 is 1.32 bits per heavy atom. The fraction of sp³-hybridized carbons (Fsp3) is 0.417. The number of alkyl halides is 3. The number of ether oxygens (including phenoxy) is 1. The van der Waals surface area contributed by atoms with Crippen molar-refractivity contribution in [3.05, 3.63) is 24.3 Å². The molecule has 2 rings (SSSR count). The van der Waals surface area contributed by atoms with E-state index in [4.69, 9.17) is 10.7 Å². The lowest BCUT2D eigenvalue weighted by atomic mass is 10.2. The lowest BCUT2D eigenvalue weighted by Crippen LogP contribution is -2.28. The molecule has 1 unspecified atom stereocenters. The van der Waals surface area contributed by atoms with E-state index in [1.807, 2.05) is 0 Å². The Bertz CT molecular complexity index is 677. The van der Waals surface area contributed by atoms with E-state index in [0.717, 1.165) is 4.90 Å². The van der Waals surface area contributed by atoms with Gasteiger partial charge in [0.25, 0.3) is 0 Å². The zero-order valence-corrected chi connectivity index (χ0v) is 12.6. The Balaban J connectivity index is 2.24. The number of para-hydroxylation sites is 2. The number of nitrogens with zero attached hydrogens (tertiary/aromatic N) is 1. The van der Waals surface area contributed by atoms with E-state index in [1.165, 1.54) is 24.3 Å². The van der Waals surface area contributed by atoms with Crippen LogP contribution in [0.2, 0.25) is 0 Å². The summed E-state index contributed by atoms with van der Waals surface area (Å²) in [6.07, 6.45) is -4.84. The van der Waals surface area contributed by atoms with Crippen molar-refractivity contribution in [3.63, 3.8) is 0 Å². The Labute approximate surface area is 129 Å². The van der Waals surface area contributed by atoms with E-state index in [1.54, 1.807) is 0 Å². The molecular formula is C12H11ClF3NO4S. The first-order valence-corrected chi connectivity index (χ1v) is 8.47. The van der Waals surface area contributed by atoms with Crippen LogP contribution in [0.3, 0.4) is 0 Å². The van der Waals surface area contributed by atoms with Crippen LogP contribution >= 0.6 is 10.7 Å². The SMILES string of the molecule is O=C1CC(S(=O)(=O)Cl)CN1c1ccccc1OCC(F)(F)F. The van der Waals surface area contributed by atoms with Gasteiger partial charge < -0.3 is 9.64 Å². The van der Waals surface area contributed by atoms with Crippen molar-refractivity contribution in [2.75, 3.05) is 18.1 Å².